The van der Waals surface area contributed by atoms with Crippen molar-refractivity contribution in [3.63, 3.8) is 0 Å². The minimum atomic E-state index is 0.154. The number of hydrogen-bond donors (Lipinski definition) is 1. The van der Waals surface area contributed by atoms with Gasteiger partial charge in [0.2, 0.25) is 5.91 Å². The molecule has 4 nitrogen and oxygen atoms in total. The zero-order valence-electron chi connectivity index (χ0n) is 11.4. The predicted octanol–water partition coefficient (Wildman–Crippen LogP) is 1.26. The standard InChI is InChI=1S/C11H20N2O2.C2H6/c1-2-15-7-10(14)13-8-11(9-13)3-5-12-6-4-11;1-2/h12H,2-9H2,1H3;1-2H3. The Hall–Kier alpha value is -0.610. The van der Waals surface area contributed by atoms with Gasteiger partial charge in [-0.2, -0.15) is 0 Å². The van der Waals surface area contributed by atoms with E-state index in [1.165, 1.54) is 12.8 Å². The Morgan fingerprint density at radius 2 is 1.88 bits per heavy atom. The highest BCUT2D eigenvalue weighted by molar-refractivity contribution is 5.78. The van der Waals surface area contributed by atoms with E-state index in [4.69, 9.17) is 4.74 Å². The summed E-state index contributed by atoms with van der Waals surface area (Å²) < 4.78 is 5.12. The molecule has 17 heavy (non-hydrogen) atoms. The van der Waals surface area contributed by atoms with Crippen LogP contribution in [0.1, 0.15) is 33.6 Å². The van der Waals surface area contributed by atoms with Crippen LogP contribution in [0.2, 0.25) is 0 Å². The lowest BCUT2D eigenvalue weighted by molar-refractivity contribution is -0.149. The van der Waals surface area contributed by atoms with Crippen LogP contribution in [-0.4, -0.2) is 50.2 Å². The summed E-state index contributed by atoms with van der Waals surface area (Å²) in [4.78, 5) is 13.5. The average Bonchev–Trinajstić information content (AvgIpc) is 2.36. The van der Waals surface area contributed by atoms with Crippen molar-refractivity contribution in [3.8, 4) is 0 Å². The summed E-state index contributed by atoms with van der Waals surface area (Å²) in [5, 5.41) is 3.36. The quantitative estimate of drug-likeness (QED) is 0.810. The van der Waals surface area contributed by atoms with Gasteiger partial charge in [0, 0.05) is 25.1 Å². The summed E-state index contributed by atoms with van der Waals surface area (Å²) in [7, 11) is 0. The van der Waals surface area contributed by atoms with E-state index in [0.29, 0.717) is 12.0 Å². The summed E-state index contributed by atoms with van der Waals surface area (Å²) in [5.74, 6) is 0.154. The third kappa shape index (κ3) is 3.68. The van der Waals surface area contributed by atoms with Crippen LogP contribution in [0.25, 0.3) is 0 Å². The molecule has 1 amide bonds. The zero-order chi connectivity index (χ0) is 12.7. The van der Waals surface area contributed by atoms with Gasteiger partial charge < -0.3 is 15.0 Å². The molecule has 2 rings (SSSR count). The first-order chi connectivity index (χ1) is 8.26. The fourth-order valence-electron chi connectivity index (χ4n) is 2.49. The van der Waals surface area contributed by atoms with Crippen molar-refractivity contribution in [1.82, 2.24) is 10.2 Å². The van der Waals surface area contributed by atoms with Crippen LogP contribution in [0, 0.1) is 5.41 Å². The van der Waals surface area contributed by atoms with Crippen molar-refractivity contribution in [2.75, 3.05) is 39.4 Å². The molecule has 0 aliphatic carbocycles. The molecule has 2 fully saturated rings. The van der Waals surface area contributed by atoms with Gasteiger partial charge in [-0.25, -0.2) is 0 Å². The minimum Gasteiger partial charge on any atom is -0.372 e. The van der Waals surface area contributed by atoms with Gasteiger partial charge in [0.15, 0.2) is 0 Å². The Labute approximate surface area is 105 Å². The first-order valence-corrected chi connectivity index (χ1v) is 6.82. The maximum absolute atomic E-state index is 11.6. The number of nitrogens with zero attached hydrogens (tertiary/aromatic N) is 1. The maximum atomic E-state index is 11.6. The van der Waals surface area contributed by atoms with Crippen LogP contribution in [0.5, 0.6) is 0 Å². The molecule has 2 heterocycles. The molecule has 0 aromatic rings. The summed E-state index contributed by atoms with van der Waals surface area (Å²) >= 11 is 0. The molecule has 1 N–H and O–H groups in total. The monoisotopic (exact) mass is 242 g/mol. The first kappa shape index (κ1) is 14.5. The highest BCUT2D eigenvalue weighted by Crippen LogP contribution is 2.38. The molecule has 100 valence electrons. The van der Waals surface area contributed by atoms with E-state index >= 15 is 0 Å². The van der Waals surface area contributed by atoms with E-state index < -0.39 is 0 Å². The molecule has 0 aromatic heterocycles. The van der Waals surface area contributed by atoms with Gasteiger partial charge >= 0.3 is 0 Å². The number of piperidine rings is 1. The number of amides is 1. The smallest absolute Gasteiger partial charge is 0.248 e. The largest absolute Gasteiger partial charge is 0.372 e. The van der Waals surface area contributed by atoms with E-state index in [9.17, 15) is 4.79 Å². The SMILES string of the molecule is CC.CCOCC(=O)N1CC2(CCNCC2)C1. The molecule has 0 aromatic carbocycles. The Morgan fingerprint density at radius 3 is 2.41 bits per heavy atom. The van der Waals surface area contributed by atoms with Crippen molar-refractivity contribution in [2.45, 2.75) is 33.6 Å². The number of carbonyl (C=O) groups is 1. The molecule has 1 spiro atoms. The molecule has 0 unspecified atom stereocenters. The van der Waals surface area contributed by atoms with Gasteiger partial charge in [-0.15, -0.1) is 0 Å². The van der Waals surface area contributed by atoms with Crippen molar-refractivity contribution >= 4 is 5.91 Å². The van der Waals surface area contributed by atoms with Crippen LogP contribution in [-0.2, 0) is 9.53 Å². The molecule has 2 aliphatic rings. The number of hydrogen-bond acceptors (Lipinski definition) is 3. The molecular weight excluding hydrogens is 216 g/mol. The molecule has 2 aliphatic heterocycles. The molecule has 4 heteroatoms. The van der Waals surface area contributed by atoms with Crippen LogP contribution in [0.4, 0.5) is 0 Å². The summed E-state index contributed by atoms with van der Waals surface area (Å²) in [6.07, 6.45) is 2.43. The third-order valence-electron chi connectivity index (χ3n) is 3.50. The molecule has 0 saturated carbocycles. The first-order valence-electron chi connectivity index (χ1n) is 6.82. The van der Waals surface area contributed by atoms with Crippen LogP contribution < -0.4 is 5.32 Å². The Balaban J connectivity index is 0.000000686. The molecule has 0 radical (unpaired) electrons. The second kappa shape index (κ2) is 6.97. The highest BCUT2D eigenvalue weighted by Gasteiger charge is 2.45. The van der Waals surface area contributed by atoms with Crippen LogP contribution in [0.15, 0.2) is 0 Å². The van der Waals surface area contributed by atoms with Crippen molar-refractivity contribution in [3.05, 3.63) is 0 Å². The molecular formula is C13H26N2O2. The summed E-state index contributed by atoms with van der Waals surface area (Å²) in [6, 6.07) is 0. The normalized spacial score (nSPS) is 21.5. The van der Waals surface area contributed by atoms with Gasteiger partial charge in [0.05, 0.1) is 0 Å². The van der Waals surface area contributed by atoms with Crippen LogP contribution >= 0.6 is 0 Å². The maximum Gasteiger partial charge on any atom is 0.248 e. The van der Waals surface area contributed by atoms with Gasteiger partial charge in [-0.05, 0) is 32.9 Å². The summed E-state index contributed by atoms with van der Waals surface area (Å²) in [5.41, 5.74) is 0.438. The molecule has 2 saturated heterocycles. The van der Waals surface area contributed by atoms with Gasteiger partial charge in [-0.3, -0.25) is 4.79 Å². The number of rotatable bonds is 3. The van der Waals surface area contributed by atoms with E-state index in [1.54, 1.807) is 0 Å². The fraction of sp³-hybridized carbons (Fsp3) is 0.923. The zero-order valence-corrected chi connectivity index (χ0v) is 11.4. The second-order valence-corrected chi connectivity index (χ2v) is 4.64. The van der Waals surface area contributed by atoms with Crippen molar-refractivity contribution in [1.29, 1.82) is 0 Å². The van der Waals surface area contributed by atoms with E-state index in [-0.39, 0.29) is 12.5 Å². The number of nitrogens with one attached hydrogen (secondary N) is 1. The fourth-order valence-corrected chi connectivity index (χ4v) is 2.49. The second-order valence-electron chi connectivity index (χ2n) is 4.64. The molecule has 0 atom stereocenters. The Bertz CT molecular complexity index is 230. The minimum absolute atomic E-state index is 0.154. The number of ether oxygens (including phenoxy) is 1. The van der Waals surface area contributed by atoms with Gasteiger partial charge in [0.1, 0.15) is 6.61 Å². The Kier molecular flexibility index (Phi) is 5.92. The average molecular weight is 242 g/mol. The van der Waals surface area contributed by atoms with Crippen LogP contribution in [0.3, 0.4) is 0 Å². The van der Waals surface area contributed by atoms with E-state index in [2.05, 4.69) is 5.32 Å². The van der Waals surface area contributed by atoms with E-state index in [1.807, 2.05) is 25.7 Å². The topological polar surface area (TPSA) is 41.6 Å². The van der Waals surface area contributed by atoms with Gasteiger partial charge in [0.25, 0.3) is 0 Å². The number of likely N-dealkylation sites (tertiary alicyclic amines) is 1. The lowest BCUT2D eigenvalue weighted by atomic mass is 9.72. The molecule has 0 bridgehead atoms. The number of carbonyl (C=O) groups excluding carboxylic acids is 1. The lowest BCUT2D eigenvalue weighted by Crippen LogP contribution is -2.62. The predicted molar refractivity (Wildman–Crippen MR) is 69.0 cm³/mol. The lowest BCUT2D eigenvalue weighted by Gasteiger charge is -2.52. The third-order valence-corrected chi connectivity index (χ3v) is 3.50. The highest BCUT2D eigenvalue weighted by atomic mass is 16.5. The van der Waals surface area contributed by atoms with Gasteiger partial charge in [-0.1, -0.05) is 13.8 Å². The van der Waals surface area contributed by atoms with E-state index in [0.717, 1.165) is 26.2 Å². The van der Waals surface area contributed by atoms with Crippen molar-refractivity contribution in [2.24, 2.45) is 5.41 Å². The van der Waals surface area contributed by atoms with Crippen molar-refractivity contribution < 1.29 is 9.53 Å². The summed E-state index contributed by atoms with van der Waals surface area (Å²) in [6.45, 7) is 10.9. The Morgan fingerprint density at radius 1 is 1.29 bits per heavy atom.